The maximum absolute atomic E-state index is 13.4. The van der Waals surface area contributed by atoms with Crippen LogP contribution in [-0.2, 0) is 6.42 Å². The van der Waals surface area contributed by atoms with Gasteiger partial charge in [0.2, 0.25) is 0 Å². The summed E-state index contributed by atoms with van der Waals surface area (Å²) < 4.78 is 13.4. The van der Waals surface area contributed by atoms with Crippen molar-refractivity contribution in [3.63, 3.8) is 0 Å². The predicted molar refractivity (Wildman–Crippen MR) is 83.5 cm³/mol. The number of nitrogens with two attached hydrogens (primary N) is 1. The summed E-state index contributed by atoms with van der Waals surface area (Å²) in [5, 5.41) is 0. The number of nitrogens with zero attached hydrogens (tertiary/aromatic N) is 2. The SMILES string of the molecule is Cc1cc(C(CN)N(C)CCc2ccncc2)ccc1F. The van der Waals surface area contributed by atoms with Crippen molar-refractivity contribution in [3.05, 3.63) is 65.2 Å². The number of hydrogen-bond donors (Lipinski definition) is 1. The number of pyridine rings is 1. The number of hydrogen-bond acceptors (Lipinski definition) is 3. The molecule has 0 fully saturated rings. The van der Waals surface area contributed by atoms with Crippen LogP contribution in [0.3, 0.4) is 0 Å². The van der Waals surface area contributed by atoms with Crippen molar-refractivity contribution in [2.45, 2.75) is 19.4 Å². The second-order valence-corrected chi connectivity index (χ2v) is 5.35. The van der Waals surface area contributed by atoms with E-state index in [0.717, 1.165) is 18.5 Å². The second-order valence-electron chi connectivity index (χ2n) is 5.35. The summed E-state index contributed by atoms with van der Waals surface area (Å²) in [5.74, 6) is -0.172. The molecule has 1 aromatic heterocycles. The molecule has 0 bridgehead atoms. The van der Waals surface area contributed by atoms with Gasteiger partial charge in [-0.2, -0.15) is 0 Å². The van der Waals surface area contributed by atoms with Crippen molar-refractivity contribution in [2.24, 2.45) is 5.73 Å². The fraction of sp³-hybridized carbons (Fsp3) is 0.353. The molecule has 0 spiro atoms. The summed E-state index contributed by atoms with van der Waals surface area (Å²) in [6, 6.07) is 9.37. The summed E-state index contributed by atoms with van der Waals surface area (Å²) in [7, 11) is 2.05. The smallest absolute Gasteiger partial charge is 0.126 e. The maximum Gasteiger partial charge on any atom is 0.126 e. The number of aryl methyl sites for hydroxylation is 1. The van der Waals surface area contributed by atoms with Crippen molar-refractivity contribution < 1.29 is 4.39 Å². The Bertz CT molecular complexity index is 572. The molecule has 0 aliphatic heterocycles. The largest absolute Gasteiger partial charge is 0.329 e. The van der Waals surface area contributed by atoms with E-state index in [1.54, 1.807) is 19.3 Å². The third-order valence-electron chi connectivity index (χ3n) is 3.82. The average molecular weight is 287 g/mol. The zero-order chi connectivity index (χ0) is 15.2. The fourth-order valence-corrected chi connectivity index (χ4v) is 2.46. The van der Waals surface area contributed by atoms with Crippen LogP contribution in [0.4, 0.5) is 4.39 Å². The van der Waals surface area contributed by atoms with Crippen LogP contribution >= 0.6 is 0 Å². The maximum atomic E-state index is 13.4. The number of halogens is 1. The highest BCUT2D eigenvalue weighted by molar-refractivity contribution is 5.27. The highest BCUT2D eigenvalue weighted by atomic mass is 19.1. The molecule has 4 heteroatoms. The van der Waals surface area contributed by atoms with Crippen LogP contribution < -0.4 is 5.73 Å². The highest BCUT2D eigenvalue weighted by Gasteiger charge is 2.16. The third-order valence-corrected chi connectivity index (χ3v) is 3.82. The van der Waals surface area contributed by atoms with E-state index in [0.29, 0.717) is 12.1 Å². The van der Waals surface area contributed by atoms with Gasteiger partial charge in [0, 0.05) is 31.5 Å². The molecule has 0 aliphatic rings. The molecular weight excluding hydrogens is 265 g/mol. The van der Waals surface area contributed by atoms with Crippen LogP contribution in [-0.4, -0.2) is 30.0 Å². The zero-order valence-electron chi connectivity index (χ0n) is 12.6. The Kier molecular flexibility index (Phi) is 5.42. The molecule has 21 heavy (non-hydrogen) atoms. The molecule has 0 radical (unpaired) electrons. The molecule has 1 heterocycles. The van der Waals surface area contributed by atoms with Crippen molar-refractivity contribution in [3.8, 4) is 0 Å². The molecule has 3 nitrogen and oxygen atoms in total. The summed E-state index contributed by atoms with van der Waals surface area (Å²) in [4.78, 5) is 6.24. The first-order chi connectivity index (χ1) is 10.1. The second kappa shape index (κ2) is 7.29. The van der Waals surface area contributed by atoms with Crippen LogP contribution in [0.2, 0.25) is 0 Å². The van der Waals surface area contributed by atoms with Crippen LogP contribution in [0.25, 0.3) is 0 Å². The number of aromatic nitrogens is 1. The topological polar surface area (TPSA) is 42.1 Å². The van der Waals surface area contributed by atoms with Gasteiger partial charge in [-0.15, -0.1) is 0 Å². The van der Waals surface area contributed by atoms with Crippen molar-refractivity contribution >= 4 is 0 Å². The van der Waals surface area contributed by atoms with Crippen LogP contribution in [0.15, 0.2) is 42.7 Å². The first-order valence-corrected chi connectivity index (χ1v) is 7.17. The normalized spacial score (nSPS) is 12.6. The van der Waals surface area contributed by atoms with Crippen molar-refractivity contribution in [1.82, 2.24) is 9.88 Å². The minimum atomic E-state index is -0.172. The summed E-state index contributed by atoms with van der Waals surface area (Å²) in [6.07, 6.45) is 4.55. The van der Waals surface area contributed by atoms with Gasteiger partial charge in [0.1, 0.15) is 5.82 Å². The van der Waals surface area contributed by atoms with Crippen molar-refractivity contribution in [2.75, 3.05) is 20.1 Å². The first kappa shape index (κ1) is 15.6. The van der Waals surface area contributed by atoms with Crippen LogP contribution in [0.5, 0.6) is 0 Å². The van der Waals surface area contributed by atoms with Gasteiger partial charge >= 0.3 is 0 Å². The van der Waals surface area contributed by atoms with Crippen LogP contribution in [0.1, 0.15) is 22.7 Å². The summed E-state index contributed by atoms with van der Waals surface area (Å²) >= 11 is 0. The molecule has 1 aromatic carbocycles. The zero-order valence-corrected chi connectivity index (χ0v) is 12.6. The van der Waals surface area contributed by atoms with E-state index in [-0.39, 0.29) is 11.9 Å². The van der Waals surface area contributed by atoms with E-state index < -0.39 is 0 Å². The van der Waals surface area contributed by atoms with Gasteiger partial charge < -0.3 is 5.73 Å². The standard InChI is InChI=1S/C17H22FN3/c1-13-11-15(3-4-16(13)18)17(12-19)21(2)10-7-14-5-8-20-9-6-14/h3-6,8-9,11,17H,7,10,12,19H2,1-2H3. The van der Waals surface area contributed by atoms with Gasteiger partial charge in [0.25, 0.3) is 0 Å². The van der Waals surface area contributed by atoms with E-state index in [2.05, 4.69) is 16.9 Å². The van der Waals surface area contributed by atoms with E-state index in [4.69, 9.17) is 5.73 Å². The molecule has 0 amide bonds. The predicted octanol–water partition coefficient (Wildman–Crippen LogP) is 2.70. The highest BCUT2D eigenvalue weighted by Crippen LogP contribution is 2.21. The van der Waals surface area contributed by atoms with E-state index >= 15 is 0 Å². The molecule has 1 atom stereocenters. The lowest BCUT2D eigenvalue weighted by Crippen LogP contribution is -2.32. The Morgan fingerprint density at radius 1 is 1.24 bits per heavy atom. The average Bonchev–Trinajstić information content (AvgIpc) is 2.50. The third kappa shape index (κ3) is 4.09. The minimum Gasteiger partial charge on any atom is -0.329 e. The van der Waals surface area contributed by atoms with Gasteiger partial charge in [0.15, 0.2) is 0 Å². The Labute approximate surface area is 125 Å². The van der Waals surface area contributed by atoms with E-state index in [1.807, 2.05) is 24.3 Å². The van der Waals surface area contributed by atoms with Gasteiger partial charge in [-0.1, -0.05) is 12.1 Å². The molecule has 112 valence electrons. The Hall–Kier alpha value is -1.78. The first-order valence-electron chi connectivity index (χ1n) is 7.17. The molecule has 2 rings (SSSR count). The lowest BCUT2D eigenvalue weighted by molar-refractivity contribution is 0.253. The van der Waals surface area contributed by atoms with Gasteiger partial charge in [-0.25, -0.2) is 4.39 Å². The summed E-state index contributed by atoms with van der Waals surface area (Å²) in [6.45, 7) is 3.18. The van der Waals surface area contributed by atoms with E-state index in [1.165, 1.54) is 11.6 Å². The molecule has 2 N–H and O–H groups in total. The number of benzene rings is 1. The monoisotopic (exact) mass is 287 g/mol. The lowest BCUT2D eigenvalue weighted by atomic mass is 10.0. The van der Waals surface area contributed by atoms with E-state index in [9.17, 15) is 4.39 Å². The van der Waals surface area contributed by atoms with Gasteiger partial charge in [0.05, 0.1) is 0 Å². The molecular formula is C17H22FN3. The Balaban J connectivity index is 2.04. The summed E-state index contributed by atoms with van der Waals surface area (Å²) in [5.41, 5.74) is 8.89. The Morgan fingerprint density at radius 2 is 1.95 bits per heavy atom. The molecule has 0 saturated heterocycles. The quantitative estimate of drug-likeness (QED) is 0.888. The molecule has 0 saturated carbocycles. The molecule has 0 aliphatic carbocycles. The lowest BCUT2D eigenvalue weighted by Gasteiger charge is -2.27. The fourth-order valence-electron chi connectivity index (χ4n) is 2.46. The minimum absolute atomic E-state index is 0.103. The number of likely N-dealkylation sites (N-methyl/N-ethyl adjacent to an activating group) is 1. The van der Waals surface area contributed by atoms with Crippen LogP contribution in [0, 0.1) is 12.7 Å². The van der Waals surface area contributed by atoms with Gasteiger partial charge in [-0.05, 0) is 55.3 Å². The number of rotatable bonds is 6. The molecule has 2 aromatic rings. The van der Waals surface area contributed by atoms with Gasteiger partial charge in [-0.3, -0.25) is 9.88 Å². The Morgan fingerprint density at radius 3 is 2.57 bits per heavy atom. The molecule has 1 unspecified atom stereocenters. The van der Waals surface area contributed by atoms with Crippen molar-refractivity contribution in [1.29, 1.82) is 0 Å².